The number of carbonyl (C=O) groups excluding carboxylic acids is 2. The first kappa shape index (κ1) is 23.3. The van der Waals surface area contributed by atoms with Gasteiger partial charge < -0.3 is 20.1 Å². The first-order valence-corrected chi connectivity index (χ1v) is 12.3. The van der Waals surface area contributed by atoms with Crippen LogP contribution in [0.3, 0.4) is 0 Å². The fourth-order valence-corrected chi connectivity index (χ4v) is 4.73. The van der Waals surface area contributed by atoms with Gasteiger partial charge in [-0.25, -0.2) is 4.39 Å². The number of halogens is 1. The highest BCUT2D eigenvalue weighted by molar-refractivity contribution is 7.99. The van der Waals surface area contributed by atoms with Crippen LogP contribution in [0.5, 0.6) is 5.75 Å². The first-order valence-electron chi connectivity index (χ1n) is 11.3. The molecule has 1 aromatic heterocycles. The van der Waals surface area contributed by atoms with Crippen LogP contribution in [0.1, 0.15) is 19.8 Å². The van der Waals surface area contributed by atoms with E-state index in [1.807, 2.05) is 4.57 Å². The summed E-state index contributed by atoms with van der Waals surface area (Å²) in [6.45, 7) is 2.94. The highest BCUT2D eigenvalue weighted by Gasteiger charge is 2.24. The number of thioether (sulfide) groups is 1. The van der Waals surface area contributed by atoms with Crippen molar-refractivity contribution in [3.05, 3.63) is 48.3 Å². The van der Waals surface area contributed by atoms with E-state index in [-0.39, 0.29) is 29.5 Å². The molecule has 1 saturated heterocycles. The Bertz CT molecular complexity index is 1240. The van der Waals surface area contributed by atoms with E-state index in [2.05, 4.69) is 20.8 Å². The van der Waals surface area contributed by atoms with Crippen molar-refractivity contribution in [1.29, 1.82) is 0 Å². The Morgan fingerprint density at radius 3 is 2.86 bits per heavy atom. The second kappa shape index (κ2) is 10.0. The van der Waals surface area contributed by atoms with Crippen LogP contribution in [0.25, 0.3) is 11.4 Å². The van der Waals surface area contributed by atoms with Gasteiger partial charge in [0.1, 0.15) is 11.6 Å². The molecule has 2 aliphatic heterocycles. The smallest absolute Gasteiger partial charge is 0.265 e. The minimum absolute atomic E-state index is 0.0361. The van der Waals surface area contributed by atoms with Crippen molar-refractivity contribution in [2.75, 3.05) is 23.0 Å². The molecule has 11 heteroatoms. The minimum atomic E-state index is -0.564. The molecule has 2 aromatic carbocycles. The predicted octanol–water partition coefficient (Wildman–Crippen LogP) is 3.71. The van der Waals surface area contributed by atoms with Crippen molar-refractivity contribution in [1.82, 2.24) is 14.8 Å². The van der Waals surface area contributed by atoms with Crippen LogP contribution in [-0.4, -0.2) is 51.1 Å². The number of nitrogens with one attached hydrogen (secondary N) is 2. The predicted molar refractivity (Wildman–Crippen MR) is 129 cm³/mol. The Morgan fingerprint density at radius 2 is 2.09 bits per heavy atom. The van der Waals surface area contributed by atoms with E-state index in [4.69, 9.17) is 9.47 Å². The fourth-order valence-electron chi connectivity index (χ4n) is 3.98. The normalized spacial score (nSPS) is 19.1. The number of rotatable bonds is 7. The molecule has 3 aromatic rings. The molecule has 2 aliphatic rings. The van der Waals surface area contributed by atoms with Crippen LogP contribution in [0.2, 0.25) is 0 Å². The number of nitrogens with zero attached hydrogens (tertiary/aromatic N) is 3. The lowest BCUT2D eigenvalue weighted by atomic mass is 10.2. The van der Waals surface area contributed by atoms with Gasteiger partial charge in [-0.05, 0) is 62.2 Å². The Morgan fingerprint density at radius 1 is 1.26 bits per heavy atom. The summed E-state index contributed by atoms with van der Waals surface area (Å²) in [5, 5.41) is 14.8. The topological polar surface area (TPSA) is 107 Å². The van der Waals surface area contributed by atoms with Crippen LogP contribution in [0, 0.1) is 5.82 Å². The third-order valence-corrected chi connectivity index (χ3v) is 6.72. The van der Waals surface area contributed by atoms with Gasteiger partial charge in [0, 0.05) is 17.9 Å². The number of anilines is 2. The van der Waals surface area contributed by atoms with Crippen LogP contribution in [-0.2, 0) is 20.9 Å². The molecular weight excluding hydrogens is 473 g/mol. The summed E-state index contributed by atoms with van der Waals surface area (Å²) in [6, 6.07) is 11.2. The van der Waals surface area contributed by atoms with Gasteiger partial charge in [0.25, 0.3) is 5.91 Å². The van der Waals surface area contributed by atoms with E-state index in [1.54, 1.807) is 37.3 Å². The summed E-state index contributed by atoms with van der Waals surface area (Å²) in [7, 11) is 0. The zero-order chi connectivity index (χ0) is 24.4. The quantitative estimate of drug-likeness (QED) is 0.479. The molecule has 0 radical (unpaired) electrons. The summed E-state index contributed by atoms with van der Waals surface area (Å²) >= 11 is 1.26. The summed E-state index contributed by atoms with van der Waals surface area (Å²) in [6.07, 6.45) is 1.40. The maximum absolute atomic E-state index is 13.4. The van der Waals surface area contributed by atoms with Crippen LogP contribution >= 0.6 is 11.8 Å². The van der Waals surface area contributed by atoms with Gasteiger partial charge >= 0.3 is 0 Å². The molecule has 182 valence electrons. The van der Waals surface area contributed by atoms with E-state index in [9.17, 15) is 14.0 Å². The number of hydrogen-bond acceptors (Lipinski definition) is 7. The summed E-state index contributed by atoms with van der Waals surface area (Å²) in [4.78, 5) is 24.5. The summed E-state index contributed by atoms with van der Waals surface area (Å²) in [5.74, 6) is 0.459. The maximum Gasteiger partial charge on any atom is 0.265 e. The highest BCUT2D eigenvalue weighted by Crippen LogP contribution is 2.32. The molecular formula is C24H24FN5O4S. The number of fused-ring (bicyclic) bond motifs is 1. The highest BCUT2D eigenvalue weighted by atomic mass is 32.2. The molecule has 0 saturated carbocycles. The molecule has 35 heavy (non-hydrogen) atoms. The average molecular weight is 498 g/mol. The molecule has 3 heterocycles. The second-order valence-electron chi connectivity index (χ2n) is 8.36. The van der Waals surface area contributed by atoms with Crippen LogP contribution in [0.15, 0.2) is 47.6 Å². The summed E-state index contributed by atoms with van der Waals surface area (Å²) in [5.41, 5.74) is 1.79. The van der Waals surface area contributed by atoms with Gasteiger partial charge in [-0.1, -0.05) is 11.8 Å². The number of aromatic nitrogens is 3. The zero-order valence-electron chi connectivity index (χ0n) is 19.0. The van der Waals surface area contributed by atoms with Crippen molar-refractivity contribution in [2.45, 2.75) is 43.7 Å². The number of hydrogen-bond donors (Lipinski definition) is 2. The van der Waals surface area contributed by atoms with Crippen molar-refractivity contribution in [3.63, 3.8) is 0 Å². The van der Waals surface area contributed by atoms with E-state index in [0.29, 0.717) is 34.6 Å². The molecule has 1 fully saturated rings. The first-order chi connectivity index (χ1) is 17.0. The summed E-state index contributed by atoms with van der Waals surface area (Å²) < 4.78 is 26.7. The lowest BCUT2D eigenvalue weighted by molar-refractivity contribution is -0.122. The van der Waals surface area contributed by atoms with Crippen LogP contribution < -0.4 is 15.4 Å². The number of carbonyl (C=O) groups is 2. The largest absolute Gasteiger partial charge is 0.479 e. The van der Waals surface area contributed by atoms with Crippen molar-refractivity contribution < 1.29 is 23.5 Å². The molecule has 2 N–H and O–H groups in total. The zero-order valence-corrected chi connectivity index (χ0v) is 19.8. The van der Waals surface area contributed by atoms with E-state index < -0.39 is 6.10 Å². The van der Waals surface area contributed by atoms with Crippen molar-refractivity contribution >= 4 is 35.0 Å². The van der Waals surface area contributed by atoms with E-state index in [0.717, 1.165) is 25.0 Å². The fraction of sp³-hybridized carbons (Fsp3) is 0.333. The van der Waals surface area contributed by atoms with Gasteiger partial charge in [-0.2, -0.15) is 0 Å². The molecule has 0 aliphatic carbocycles. The maximum atomic E-state index is 13.4. The van der Waals surface area contributed by atoms with Crippen LogP contribution in [0.4, 0.5) is 15.8 Å². The van der Waals surface area contributed by atoms with E-state index in [1.165, 1.54) is 23.9 Å². The molecule has 5 rings (SSSR count). The van der Waals surface area contributed by atoms with Gasteiger partial charge in [0.15, 0.2) is 17.1 Å². The number of ether oxygens (including phenoxy) is 2. The standard InChI is InChI=1S/C24H24FN5O4S/c1-14-23(32)27-19-11-17(8-9-20(19)34-14)26-21(31)13-35-24-29-28-22(15-4-6-16(25)7-5-15)30(24)12-18-3-2-10-33-18/h4-9,11,14,18H,2-3,10,12-13H2,1H3,(H,26,31)(H,27,32)/t14-,18+/m0/s1. The lowest BCUT2D eigenvalue weighted by Crippen LogP contribution is -2.34. The lowest BCUT2D eigenvalue weighted by Gasteiger charge is -2.23. The Kier molecular flexibility index (Phi) is 6.69. The SMILES string of the molecule is C[C@@H]1Oc2ccc(NC(=O)CSc3nnc(-c4ccc(F)cc4)n3C[C@H]3CCCO3)cc2NC1=O. The van der Waals surface area contributed by atoms with Crippen molar-refractivity contribution in [3.8, 4) is 17.1 Å². The Balaban J connectivity index is 1.28. The van der Waals surface area contributed by atoms with Gasteiger partial charge in [0.2, 0.25) is 5.91 Å². The number of benzene rings is 2. The monoisotopic (exact) mass is 497 g/mol. The molecule has 9 nitrogen and oxygen atoms in total. The minimum Gasteiger partial charge on any atom is -0.479 e. The molecule has 0 unspecified atom stereocenters. The molecule has 0 spiro atoms. The van der Waals surface area contributed by atoms with E-state index >= 15 is 0 Å². The Hall–Kier alpha value is -3.44. The molecule has 0 bridgehead atoms. The molecule has 2 atom stereocenters. The number of amides is 2. The Labute approximate surface area is 205 Å². The third-order valence-electron chi connectivity index (χ3n) is 5.76. The average Bonchev–Trinajstić information content (AvgIpc) is 3.50. The van der Waals surface area contributed by atoms with Gasteiger partial charge in [0.05, 0.1) is 24.1 Å². The van der Waals surface area contributed by atoms with Gasteiger partial charge in [-0.15, -0.1) is 10.2 Å². The van der Waals surface area contributed by atoms with Gasteiger partial charge in [-0.3, -0.25) is 14.2 Å². The third kappa shape index (κ3) is 5.30. The molecule has 2 amide bonds. The van der Waals surface area contributed by atoms with Crippen molar-refractivity contribution in [2.24, 2.45) is 0 Å². The second-order valence-corrected chi connectivity index (χ2v) is 9.30.